The van der Waals surface area contributed by atoms with Crippen LogP contribution in [0.15, 0.2) is 18.2 Å². The van der Waals surface area contributed by atoms with Crippen LogP contribution in [-0.4, -0.2) is 43.5 Å². The fourth-order valence-corrected chi connectivity index (χ4v) is 2.41. The van der Waals surface area contributed by atoms with E-state index in [9.17, 15) is 9.59 Å². The number of amides is 2. The smallest absolute Gasteiger partial charge is 0.245 e. The number of hydrogen-bond donors (Lipinski definition) is 1. The van der Waals surface area contributed by atoms with E-state index in [0.29, 0.717) is 24.7 Å². The number of rotatable bonds is 8. The fourth-order valence-electron chi connectivity index (χ4n) is 2.41. The molecule has 6 nitrogen and oxygen atoms in total. The summed E-state index contributed by atoms with van der Waals surface area (Å²) in [5, 5.41) is 2.72. The van der Waals surface area contributed by atoms with E-state index >= 15 is 0 Å². The standard InChI is InChI=1S/C18H28N2O4/c1-7-24-15-9-8-14(10-16(15)23-6)11-20(5)18(22)17(12(2)3)19-13(4)21/h8-10,12,17H,7,11H2,1-6H3,(H,19,21). The predicted octanol–water partition coefficient (Wildman–Crippen LogP) is 2.21. The van der Waals surface area contributed by atoms with Crippen LogP contribution in [0.5, 0.6) is 11.5 Å². The molecule has 24 heavy (non-hydrogen) atoms. The van der Waals surface area contributed by atoms with Gasteiger partial charge in [-0.05, 0) is 30.5 Å². The molecule has 1 rings (SSSR count). The number of ether oxygens (including phenoxy) is 2. The van der Waals surface area contributed by atoms with Crippen molar-refractivity contribution in [1.82, 2.24) is 10.2 Å². The molecular weight excluding hydrogens is 308 g/mol. The molecule has 1 unspecified atom stereocenters. The molecule has 0 aliphatic rings. The summed E-state index contributed by atoms with van der Waals surface area (Å²) in [5.41, 5.74) is 0.927. The highest BCUT2D eigenvalue weighted by molar-refractivity contribution is 5.86. The van der Waals surface area contributed by atoms with Gasteiger partial charge in [-0.15, -0.1) is 0 Å². The number of nitrogens with zero attached hydrogens (tertiary/aromatic N) is 1. The lowest BCUT2D eigenvalue weighted by Crippen LogP contribution is -2.49. The van der Waals surface area contributed by atoms with Crippen molar-refractivity contribution in [3.63, 3.8) is 0 Å². The molecule has 0 saturated heterocycles. The van der Waals surface area contributed by atoms with Gasteiger partial charge in [-0.3, -0.25) is 9.59 Å². The van der Waals surface area contributed by atoms with Crippen molar-refractivity contribution >= 4 is 11.8 Å². The summed E-state index contributed by atoms with van der Waals surface area (Å²) in [4.78, 5) is 25.5. The van der Waals surface area contributed by atoms with Crippen LogP contribution >= 0.6 is 0 Å². The molecule has 1 atom stereocenters. The molecule has 0 radical (unpaired) electrons. The average molecular weight is 336 g/mol. The summed E-state index contributed by atoms with van der Waals surface area (Å²) in [5.74, 6) is 0.999. The molecule has 2 amide bonds. The average Bonchev–Trinajstić information content (AvgIpc) is 2.53. The first-order chi connectivity index (χ1) is 11.3. The molecule has 0 saturated carbocycles. The van der Waals surface area contributed by atoms with Crippen LogP contribution in [0.2, 0.25) is 0 Å². The second-order valence-electron chi connectivity index (χ2n) is 6.03. The topological polar surface area (TPSA) is 67.9 Å². The van der Waals surface area contributed by atoms with Gasteiger partial charge in [0, 0.05) is 20.5 Å². The molecule has 0 aromatic heterocycles. The number of hydrogen-bond acceptors (Lipinski definition) is 4. The van der Waals surface area contributed by atoms with E-state index in [0.717, 1.165) is 5.56 Å². The van der Waals surface area contributed by atoms with Gasteiger partial charge >= 0.3 is 0 Å². The molecule has 134 valence electrons. The number of methoxy groups -OCH3 is 1. The van der Waals surface area contributed by atoms with Gasteiger partial charge in [0.25, 0.3) is 0 Å². The Balaban J connectivity index is 2.87. The van der Waals surface area contributed by atoms with Gasteiger partial charge in [0.2, 0.25) is 11.8 Å². The van der Waals surface area contributed by atoms with Crippen molar-refractivity contribution in [3.05, 3.63) is 23.8 Å². The Morgan fingerprint density at radius 1 is 1.25 bits per heavy atom. The molecule has 1 aromatic carbocycles. The third-order valence-corrected chi connectivity index (χ3v) is 3.62. The van der Waals surface area contributed by atoms with Crippen molar-refractivity contribution in [2.75, 3.05) is 20.8 Å². The van der Waals surface area contributed by atoms with E-state index in [2.05, 4.69) is 5.32 Å². The molecule has 0 bridgehead atoms. The predicted molar refractivity (Wildman–Crippen MR) is 93.1 cm³/mol. The van der Waals surface area contributed by atoms with Crippen LogP contribution in [0.3, 0.4) is 0 Å². The third kappa shape index (κ3) is 5.44. The zero-order valence-corrected chi connectivity index (χ0v) is 15.4. The third-order valence-electron chi connectivity index (χ3n) is 3.62. The largest absolute Gasteiger partial charge is 0.493 e. The summed E-state index contributed by atoms with van der Waals surface area (Å²) in [6.45, 7) is 8.12. The zero-order valence-electron chi connectivity index (χ0n) is 15.4. The van der Waals surface area contributed by atoms with E-state index in [1.807, 2.05) is 39.0 Å². The first-order valence-corrected chi connectivity index (χ1v) is 8.11. The van der Waals surface area contributed by atoms with Gasteiger partial charge in [-0.2, -0.15) is 0 Å². The van der Waals surface area contributed by atoms with E-state index in [1.165, 1.54) is 6.92 Å². The van der Waals surface area contributed by atoms with Crippen molar-refractivity contribution < 1.29 is 19.1 Å². The monoisotopic (exact) mass is 336 g/mol. The van der Waals surface area contributed by atoms with Crippen LogP contribution < -0.4 is 14.8 Å². The van der Waals surface area contributed by atoms with Gasteiger partial charge in [-0.1, -0.05) is 19.9 Å². The van der Waals surface area contributed by atoms with Gasteiger partial charge in [0.15, 0.2) is 11.5 Å². The lowest BCUT2D eigenvalue weighted by molar-refractivity contribution is -0.136. The van der Waals surface area contributed by atoms with Gasteiger partial charge in [-0.25, -0.2) is 0 Å². The van der Waals surface area contributed by atoms with Crippen LogP contribution in [0, 0.1) is 5.92 Å². The summed E-state index contributed by atoms with van der Waals surface area (Å²) in [6.07, 6.45) is 0. The van der Waals surface area contributed by atoms with Gasteiger partial charge < -0.3 is 19.7 Å². The van der Waals surface area contributed by atoms with E-state index < -0.39 is 6.04 Å². The lowest BCUT2D eigenvalue weighted by atomic mass is 10.0. The molecule has 0 fully saturated rings. The first kappa shape index (κ1) is 19.8. The fraction of sp³-hybridized carbons (Fsp3) is 0.556. The summed E-state index contributed by atoms with van der Waals surface area (Å²) < 4.78 is 10.8. The second-order valence-corrected chi connectivity index (χ2v) is 6.03. The Hall–Kier alpha value is -2.24. The maximum atomic E-state index is 12.6. The Kier molecular flexibility index (Phi) is 7.55. The highest BCUT2D eigenvalue weighted by Crippen LogP contribution is 2.28. The number of carbonyl (C=O) groups is 2. The quantitative estimate of drug-likeness (QED) is 0.790. The summed E-state index contributed by atoms with van der Waals surface area (Å²) >= 11 is 0. The minimum Gasteiger partial charge on any atom is -0.493 e. The van der Waals surface area contributed by atoms with Crippen molar-refractivity contribution in [2.45, 2.75) is 40.3 Å². The number of benzene rings is 1. The highest BCUT2D eigenvalue weighted by atomic mass is 16.5. The molecule has 1 N–H and O–H groups in total. The van der Waals surface area contributed by atoms with Crippen LogP contribution in [-0.2, 0) is 16.1 Å². The van der Waals surface area contributed by atoms with Crippen molar-refractivity contribution in [1.29, 1.82) is 0 Å². The molecular formula is C18H28N2O4. The zero-order chi connectivity index (χ0) is 18.3. The summed E-state index contributed by atoms with van der Waals surface area (Å²) in [7, 11) is 3.31. The molecule has 1 aromatic rings. The molecule has 0 aliphatic carbocycles. The van der Waals surface area contributed by atoms with Crippen LogP contribution in [0.25, 0.3) is 0 Å². The Morgan fingerprint density at radius 2 is 1.92 bits per heavy atom. The maximum Gasteiger partial charge on any atom is 0.245 e. The SMILES string of the molecule is CCOc1ccc(CN(C)C(=O)C(NC(C)=O)C(C)C)cc1OC. The minimum absolute atomic E-state index is 0.0127. The highest BCUT2D eigenvalue weighted by Gasteiger charge is 2.26. The minimum atomic E-state index is -0.530. The number of carbonyl (C=O) groups excluding carboxylic acids is 2. The lowest BCUT2D eigenvalue weighted by Gasteiger charge is -2.27. The molecule has 6 heteroatoms. The molecule has 0 aliphatic heterocycles. The van der Waals surface area contributed by atoms with Gasteiger partial charge in [0.05, 0.1) is 13.7 Å². The Bertz CT molecular complexity index is 572. The normalized spacial score (nSPS) is 11.8. The Labute approximate surface area is 144 Å². The van der Waals surface area contributed by atoms with Crippen LogP contribution in [0.4, 0.5) is 0 Å². The second kappa shape index (κ2) is 9.15. The number of nitrogens with one attached hydrogen (secondary N) is 1. The van der Waals surface area contributed by atoms with Crippen molar-refractivity contribution in [3.8, 4) is 11.5 Å². The Morgan fingerprint density at radius 3 is 2.42 bits per heavy atom. The van der Waals surface area contributed by atoms with E-state index in [1.54, 1.807) is 19.1 Å². The summed E-state index contributed by atoms with van der Waals surface area (Å²) in [6, 6.07) is 5.07. The van der Waals surface area contributed by atoms with E-state index in [-0.39, 0.29) is 17.7 Å². The number of likely N-dealkylation sites (N-methyl/N-ethyl adjacent to an activating group) is 1. The van der Waals surface area contributed by atoms with Gasteiger partial charge in [0.1, 0.15) is 6.04 Å². The first-order valence-electron chi connectivity index (χ1n) is 8.11. The maximum absolute atomic E-state index is 12.6. The molecule has 0 heterocycles. The van der Waals surface area contributed by atoms with Crippen molar-refractivity contribution in [2.24, 2.45) is 5.92 Å². The van der Waals surface area contributed by atoms with E-state index in [4.69, 9.17) is 9.47 Å². The molecule has 0 spiro atoms. The van der Waals surface area contributed by atoms with Crippen LogP contribution in [0.1, 0.15) is 33.3 Å².